The summed E-state index contributed by atoms with van der Waals surface area (Å²) in [5.74, 6) is -0.775. The van der Waals surface area contributed by atoms with E-state index in [1.807, 2.05) is 0 Å². The number of nitrogens with one attached hydrogen (secondary N) is 4. The minimum absolute atomic E-state index is 0.104. The molecule has 10 nitrogen and oxygen atoms in total. The van der Waals surface area contributed by atoms with Gasteiger partial charge >= 0.3 is 0 Å². The van der Waals surface area contributed by atoms with E-state index in [0.29, 0.717) is 24.6 Å². The zero-order chi connectivity index (χ0) is 24.8. The van der Waals surface area contributed by atoms with Crippen LogP contribution in [0.25, 0.3) is 0 Å². The Kier molecular flexibility index (Phi) is 11.6. The molecular formula is C22H26N4O6S2. The molecule has 0 atom stereocenters. The zero-order valence-corrected chi connectivity index (χ0v) is 19.8. The Morgan fingerprint density at radius 3 is 1.38 bits per heavy atom. The molecule has 2 aromatic rings. The molecule has 12 heteroatoms. The Morgan fingerprint density at radius 2 is 1.00 bits per heavy atom. The molecule has 2 aromatic carbocycles. The number of benzene rings is 2. The number of carbonyl (C=O) groups excluding carboxylic acids is 4. The van der Waals surface area contributed by atoms with Crippen LogP contribution in [0.2, 0.25) is 0 Å². The van der Waals surface area contributed by atoms with Crippen LogP contribution in [0.4, 0.5) is 0 Å². The number of para-hydroxylation sites is 2. The van der Waals surface area contributed by atoms with Crippen LogP contribution in [0.1, 0.15) is 20.7 Å². The lowest BCUT2D eigenvalue weighted by molar-refractivity contribution is -0.120. The molecular weight excluding hydrogens is 480 g/mol. The van der Waals surface area contributed by atoms with Crippen molar-refractivity contribution in [3.05, 3.63) is 59.7 Å². The SMILES string of the molecule is O=C(CNC(=O)c1ccccc1O)NCCSSCCNC(=O)CNC(=O)c1ccccc1O. The maximum atomic E-state index is 11.9. The van der Waals surface area contributed by atoms with Crippen LogP contribution >= 0.6 is 21.6 Å². The van der Waals surface area contributed by atoms with Crippen molar-refractivity contribution in [2.75, 3.05) is 37.7 Å². The molecule has 182 valence electrons. The van der Waals surface area contributed by atoms with Gasteiger partial charge in [0.15, 0.2) is 0 Å². The highest BCUT2D eigenvalue weighted by atomic mass is 33.1. The third kappa shape index (κ3) is 9.63. The van der Waals surface area contributed by atoms with Gasteiger partial charge in [-0.2, -0.15) is 0 Å². The Balaban J connectivity index is 1.46. The number of phenols is 2. The van der Waals surface area contributed by atoms with Crippen LogP contribution < -0.4 is 21.3 Å². The van der Waals surface area contributed by atoms with E-state index >= 15 is 0 Å². The van der Waals surface area contributed by atoms with Crippen molar-refractivity contribution in [3.8, 4) is 11.5 Å². The van der Waals surface area contributed by atoms with Gasteiger partial charge in [0.25, 0.3) is 11.8 Å². The molecule has 0 fully saturated rings. The summed E-state index contributed by atoms with van der Waals surface area (Å²) in [6, 6.07) is 12.1. The first-order chi connectivity index (χ1) is 16.4. The average molecular weight is 507 g/mol. The lowest BCUT2D eigenvalue weighted by Gasteiger charge is -2.08. The Labute approximate surface area is 204 Å². The lowest BCUT2D eigenvalue weighted by atomic mass is 10.2. The van der Waals surface area contributed by atoms with E-state index < -0.39 is 11.8 Å². The van der Waals surface area contributed by atoms with Gasteiger partial charge in [-0.1, -0.05) is 45.9 Å². The molecule has 0 heterocycles. The van der Waals surface area contributed by atoms with Crippen molar-refractivity contribution in [1.82, 2.24) is 21.3 Å². The summed E-state index contributed by atoms with van der Waals surface area (Å²) in [7, 11) is 3.04. The van der Waals surface area contributed by atoms with Crippen LogP contribution in [0.5, 0.6) is 11.5 Å². The summed E-state index contributed by atoms with van der Waals surface area (Å²) in [6.07, 6.45) is 0. The van der Waals surface area contributed by atoms with E-state index in [9.17, 15) is 29.4 Å². The second-order valence-corrected chi connectivity index (χ2v) is 9.45. The topological polar surface area (TPSA) is 157 Å². The first kappa shape index (κ1) is 26.9. The molecule has 0 saturated carbocycles. The third-order valence-electron chi connectivity index (χ3n) is 4.21. The van der Waals surface area contributed by atoms with Gasteiger partial charge in [0.05, 0.1) is 24.2 Å². The standard InChI is InChI=1S/C22H26N4O6S2/c27-17-7-3-1-5-15(17)21(31)25-13-19(29)23-9-11-33-34-12-10-24-20(30)14-26-22(32)16-6-2-4-8-18(16)28/h1-8,27-28H,9-14H2,(H,23,29)(H,24,30)(H,25,31)(H,26,32). The van der Waals surface area contributed by atoms with Crippen molar-refractivity contribution in [2.45, 2.75) is 0 Å². The highest BCUT2D eigenvalue weighted by molar-refractivity contribution is 8.76. The van der Waals surface area contributed by atoms with Crippen molar-refractivity contribution in [1.29, 1.82) is 0 Å². The number of carbonyl (C=O) groups is 4. The molecule has 0 saturated heterocycles. The highest BCUT2D eigenvalue weighted by Crippen LogP contribution is 2.19. The number of hydrogen-bond donors (Lipinski definition) is 6. The monoisotopic (exact) mass is 506 g/mol. The van der Waals surface area contributed by atoms with Crippen molar-refractivity contribution in [3.63, 3.8) is 0 Å². The normalized spacial score (nSPS) is 10.2. The highest BCUT2D eigenvalue weighted by Gasteiger charge is 2.12. The van der Waals surface area contributed by atoms with E-state index in [2.05, 4.69) is 21.3 Å². The Bertz CT molecular complexity index is 925. The molecule has 0 aliphatic carbocycles. The number of aromatic hydroxyl groups is 2. The van der Waals surface area contributed by atoms with E-state index in [4.69, 9.17) is 0 Å². The summed E-state index contributed by atoms with van der Waals surface area (Å²) in [5.41, 5.74) is 0.208. The number of phenolic OH excluding ortho intramolecular Hbond substituents is 2. The quantitative estimate of drug-likeness (QED) is 0.173. The van der Waals surface area contributed by atoms with Gasteiger partial charge in [0.2, 0.25) is 11.8 Å². The van der Waals surface area contributed by atoms with Crippen LogP contribution in [-0.4, -0.2) is 71.5 Å². The first-order valence-corrected chi connectivity index (χ1v) is 12.8. The fourth-order valence-corrected chi connectivity index (χ4v) is 4.36. The summed E-state index contributed by atoms with van der Waals surface area (Å²) in [5, 5.41) is 29.5. The molecule has 34 heavy (non-hydrogen) atoms. The summed E-state index contributed by atoms with van der Waals surface area (Å²) < 4.78 is 0. The lowest BCUT2D eigenvalue weighted by Crippen LogP contribution is -2.38. The fourth-order valence-electron chi connectivity index (χ4n) is 2.55. The molecule has 0 bridgehead atoms. The van der Waals surface area contributed by atoms with Gasteiger partial charge in [0.1, 0.15) is 11.5 Å². The predicted octanol–water partition coefficient (Wildman–Crippen LogP) is 0.871. The molecule has 0 radical (unpaired) electrons. The Hall–Kier alpha value is -3.38. The predicted molar refractivity (Wildman–Crippen MR) is 132 cm³/mol. The van der Waals surface area contributed by atoms with Gasteiger partial charge < -0.3 is 31.5 Å². The van der Waals surface area contributed by atoms with Crippen LogP contribution in [0.3, 0.4) is 0 Å². The summed E-state index contributed by atoms with van der Waals surface area (Å²) >= 11 is 0. The van der Waals surface area contributed by atoms with E-state index in [0.717, 1.165) is 0 Å². The zero-order valence-electron chi connectivity index (χ0n) is 18.2. The van der Waals surface area contributed by atoms with E-state index in [-0.39, 0.29) is 47.5 Å². The second-order valence-electron chi connectivity index (χ2n) is 6.74. The molecule has 6 N–H and O–H groups in total. The fraction of sp³-hybridized carbons (Fsp3) is 0.273. The summed E-state index contributed by atoms with van der Waals surface area (Å²) in [4.78, 5) is 47.5. The van der Waals surface area contributed by atoms with Crippen LogP contribution in [0.15, 0.2) is 48.5 Å². The van der Waals surface area contributed by atoms with E-state index in [1.165, 1.54) is 45.9 Å². The number of hydrogen-bond acceptors (Lipinski definition) is 8. The van der Waals surface area contributed by atoms with Gasteiger partial charge in [-0.3, -0.25) is 19.2 Å². The number of amides is 4. The molecule has 2 rings (SSSR count). The van der Waals surface area contributed by atoms with Crippen molar-refractivity contribution >= 4 is 45.2 Å². The molecule has 0 spiro atoms. The molecule has 0 aromatic heterocycles. The minimum Gasteiger partial charge on any atom is -0.507 e. The molecule has 0 aliphatic heterocycles. The van der Waals surface area contributed by atoms with Gasteiger partial charge in [0, 0.05) is 24.6 Å². The van der Waals surface area contributed by atoms with Gasteiger partial charge in [-0.05, 0) is 24.3 Å². The largest absolute Gasteiger partial charge is 0.507 e. The van der Waals surface area contributed by atoms with E-state index in [1.54, 1.807) is 24.3 Å². The van der Waals surface area contributed by atoms with Gasteiger partial charge in [-0.15, -0.1) is 0 Å². The number of rotatable bonds is 13. The first-order valence-electron chi connectivity index (χ1n) is 10.3. The molecule has 0 aliphatic rings. The second kappa shape index (κ2) is 14.7. The van der Waals surface area contributed by atoms with Crippen LogP contribution in [0, 0.1) is 0 Å². The van der Waals surface area contributed by atoms with Gasteiger partial charge in [-0.25, -0.2) is 0 Å². The average Bonchev–Trinajstić information content (AvgIpc) is 2.83. The molecule has 4 amide bonds. The maximum absolute atomic E-state index is 11.9. The van der Waals surface area contributed by atoms with Crippen molar-refractivity contribution < 1.29 is 29.4 Å². The maximum Gasteiger partial charge on any atom is 0.255 e. The summed E-state index contributed by atoms with van der Waals surface area (Å²) in [6.45, 7) is 0.427. The Morgan fingerprint density at radius 1 is 0.618 bits per heavy atom. The van der Waals surface area contributed by atoms with Crippen LogP contribution in [-0.2, 0) is 9.59 Å². The third-order valence-corrected chi connectivity index (χ3v) is 6.62. The van der Waals surface area contributed by atoms with Crippen molar-refractivity contribution in [2.24, 2.45) is 0 Å². The smallest absolute Gasteiger partial charge is 0.255 e. The minimum atomic E-state index is -0.530. The molecule has 0 unspecified atom stereocenters.